The number of hydrogen-bond donors (Lipinski definition) is 0. The van der Waals surface area contributed by atoms with E-state index in [1.54, 1.807) is 0 Å². The molecule has 1 aromatic rings. The minimum Gasteiger partial charge on any atom is -0.372 e. The Morgan fingerprint density at radius 2 is 1.94 bits per heavy atom. The summed E-state index contributed by atoms with van der Waals surface area (Å²) in [6, 6.07) is 5.97. The fourth-order valence-corrected chi connectivity index (χ4v) is 2.22. The van der Waals surface area contributed by atoms with Gasteiger partial charge >= 0.3 is 0 Å². The molecule has 0 atom stereocenters. The number of ketones is 1. The molecule has 0 saturated carbocycles. The largest absolute Gasteiger partial charge is 0.372 e. The van der Waals surface area contributed by atoms with Crippen molar-refractivity contribution in [3.05, 3.63) is 34.9 Å². The SMILES string of the molecule is CCC(CC)C(=O)c1ccc2c(c1)COC2. The molecule has 1 aliphatic rings. The first-order valence-electron chi connectivity index (χ1n) is 6.00. The van der Waals surface area contributed by atoms with E-state index in [2.05, 4.69) is 13.8 Å². The van der Waals surface area contributed by atoms with E-state index in [4.69, 9.17) is 4.74 Å². The molecule has 2 nitrogen and oxygen atoms in total. The monoisotopic (exact) mass is 218 g/mol. The highest BCUT2D eigenvalue weighted by Gasteiger charge is 2.19. The van der Waals surface area contributed by atoms with Crippen LogP contribution in [-0.4, -0.2) is 5.78 Å². The van der Waals surface area contributed by atoms with E-state index >= 15 is 0 Å². The molecule has 0 amide bonds. The summed E-state index contributed by atoms with van der Waals surface area (Å²) < 4.78 is 5.35. The summed E-state index contributed by atoms with van der Waals surface area (Å²) >= 11 is 0. The number of carbonyl (C=O) groups is 1. The smallest absolute Gasteiger partial charge is 0.165 e. The average molecular weight is 218 g/mol. The van der Waals surface area contributed by atoms with Gasteiger partial charge in [0.05, 0.1) is 13.2 Å². The Morgan fingerprint density at radius 3 is 2.62 bits per heavy atom. The third-order valence-electron chi connectivity index (χ3n) is 3.36. The molecule has 0 radical (unpaired) electrons. The minimum atomic E-state index is 0.167. The zero-order chi connectivity index (χ0) is 11.5. The lowest BCUT2D eigenvalue weighted by Gasteiger charge is -2.11. The van der Waals surface area contributed by atoms with Crippen molar-refractivity contribution >= 4 is 5.78 Å². The average Bonchev–Trinajstić information content (AvgIpc) is 2.77. The summed E-state index contributed by atoms with van der Waals surface area (Å²) in [7, 11) is 0. The van der Waals surface area contributed by atoms with Gasteiger partial charge in [-0.2, -0.15) is 0 Å². The van der Waals surface area contributed by atoms with Gasteiger partial charge in [0.15, 0.2) is 5.78 Å². The molecular weight excluding hydrogens is 200 g/mol. The van der Waals surface area contributed by atoms with Crippen molar-refractivity contribution in [3.63, 3.8) is 0 Å². The van der Waals surface area contributed by atoms with Crippen molar-refractivity contribution in [1.29, 1.82) is 0 Å². The fourth-order valence-electron chi connectivity index (χ4n) is 2.22. The summed E-state index contributed by atoms with van der Waals surface area (Å²) in [5, 5.41) is 0. The molecular formula is C14H18O2. The summed E-state index contributed by atoms with van der Waals surface area (Å²) in [6.45, 7) is 5.49. The highest BCUT2D eigenvalue weighted by atomic mass is 16.5. The molecule has 0 unspecified atom stereocenters. The van der Waals surface area contributed by atoms with E-state index in [1.807, 2.05) is 18.2 Å². The molecule has 0 bridgehead atoms. The second-order valence-corrected chi connectivity index (χ2v) is 4.35. The van der Waals surface area contributed by atoms with Crippen LogP contribution in [0.3, 0.4) is 0 Å². The lowest BCUT2D eigenvalue weighted by atomic mass is 9.91. The number of Topliss-reactive ketones (excluding diaryl/α,β-unsaturated/α-hetero) is 1. The van der Waals surface area contributed by atoms with Crippen LogP contribution in [0.5, 0.6) is 0 Å². The first-order valence-corrected chi connectivity index (χ1v) is 6.00. The predicted molar refractivity (Wildman–Crippen MR) is 63.3 cm³/mol. The maximum atomic E-state index is 12.2. The van der Waals surface area contributed by atoms with Crippen LogP contribution in [-0.2, 0) is 18.0 Å². The van der Waals surface area contributed by atoms with Gasteiger partial charge in [-0.05, 0) is 30.0 Å². The third kappa shape index (κ3) is 2.03. The second-order valence-electron chi connectivity index (χ2n) is 4.35. The Kier molecular flexibility index (Phi) is 3.39. The van der Waals surface area contributed by atoms with Gasteiger partial charge in [0, 0.05) is 11.5 Å². The third-order valence-corrected chi connectivity index (χ3v) is 3.36. The number of rotatable bonds is 4. The van der Waals surface area contributed by atoms with E-state index in [1.165, 1.54) is 11.1 Å². The van der Waals surface area contributed by atoms with E-state index in [-0.39, 0.29) is 11.7 Å². The quantitative estimate of drug-likeness (QED) is 0.724. The van der Waals surface area contributed by atoms with Gasteiger partial charge in [-0.1, -0.05) is 26.0 Å². The fraction of sp³-hybridized carbons (Fsp3) is 0.500. The van der Waals surface area contributed by atoms with Gasteiger partial charge in [-0.3, -0.25) is 4.79 Å². The summed E-state index contributed by atoms with van der Waals surface area (Å²) in [4.78, 5) is 12.2. The van der Waals surface area contributed by atoms with Crippen molar-refractivity contribution in [3.8, 4) is 0 Å². The Hall–Kier alpha value is -1.15. The molecule has 2 heteroatoms. The lowest BCUT2D eigenvalue weighted by molar-refractivity contribution is 0.0913. The van der Waals surface area contributed by atoms with Crippen LogP contribution in [0.4, 0.5) is 0 Å². The van der Waals surface area contributed by atoms with Crippen molar-refractivity contribution in [2.75, 3.05) is 0 Å². The molecule has 1 aromatic carbocycles. The summed E-state index contributed by atoms with van der Waals surface area (Å²) in [6.07, 6.45) is 1.84. The van der Waals surface area contributed by atoms with Crippen LogP contribution in [0, 0.1) is 5.92 Å². The predicted octanol–water partition coefficient (Wildman–Crippen LogP) is 3.34. The van der Waals surface area contributed by atoms with E-state index in [0.29, 0.717) is 13.2 Å². The Balaban J connectivity index is 2.24. The van der Waals surface area contributed by atoms with E-state index in [0.717, 1.165) is 18.4 Å². The molecule has 0 aliphatic carbocycles. The van der Waals surface area contributed by atoms with E-state index in [9.17, 15) is 4.79 Å². The van der Waals surface area contributed by atoms with Crippen molar-refractivity contribution in [1.82, 2.24) is 0 Å². The maximum Gasteiger partial charge on any atom is 0.165 e. The second kappa shape index (κ2) is 4.79. The van der Waals surface area contributed by atoms with Crippen molar-refractivity contribution in [2.45, 2.75) is 39.9 Å². The number of carbonyl (C=O) groups excluding carboxylic acids is 1. The number of fused-ring (bicyclic) bond motifs is 1. The molecule has 0 fully saturated rings. The van der Waals surface area contributed by atoms with Gasteiger partial charge in [0.1, 0.15) is 0 Å². The Bertz CT molecular complexity index is 392. The molecule has 1 heterocycles. The first kappa shape index (κ1) is 11.3. The van der Waals surface area contributed by atoms with Crippen LogP contribution in [0.15, 0.2) is 18.2 Å². The van der Waals surface area contributed by atoms with E-state index < -0.39 is 0 Å². The van der Waals surface area contributed by atoms with Crippen LogP contribution in [0.2, 0.25) is 0 Å². The van der Waals surface area contributed by atoms with Gasteiger partial charge < -0.3 is 4.74 Å². The van der Waals surface area contributed by atoms with Crippen LogP contribution < -0.4 is 0 Å². The molecule has 1 aliphatic heterocycles. The molecule has 0 spiro atoms. The van der Waals surface area contributed by atoms with Crippen molar-refractivity contribution in [2.24, 2.45) is 5.92 Å². The molecule has 0 N–H and O–H groups in total. The van der Waals surface area contributed by atoms with Gasteiger partial charge in [0.2, 0.25) is 0 Å². The topological polar surface area (TPSA) is 26.3 Å². The van der Waals surface area contributed by atoms with Crippen LogP contribution in [0.25, 0.3) is 0 Å². The first-order chi connectivity index (χ1) is 7.76. The van der Waals surface area contributed by atoms with Crippen LogP contribution in [0.1, 0.15) is 48.2 Å². The number of ether oxygens (including phenoxy) is 1. The zero-order valence-electron chi connectivity index (χ0n) is 9.95. The standard InChI is InChI=1S/C14H18O2/c1-3-10(4-2)14(15)11-5-6-12-8-16-9-13(12)7-11/h5-7,10H,3-4,8-9H2,1-2H3. The molecule has 16 heavy (non-hydrogen) atoms. The van der Waals surface area contributed by atoms with Crippen LogP contribution >= 0.6 is 0 Å². The summed E-state index contributed by atoms with van der Waals surface area (Å²) in [5.74, 6) is 0.445. The lowest BCUT2D eigenvalue weighted by Crippen LogP contribution is -2.13. The molecule has 0 aromatic heterocycles. The number of benzene rings is 1. The Morgan fingerprint density at radius 1 is 1.25 bits per heavy atom. The molecule has 2 rings (SSSR count). The minimum absolute atomic E-state index is 0.167. The normalized spacial score (nSPS) is 14.2. The Labute approximate surface area is 96.6 Å². The van der Waals surface area contributed by atoms with Crippen molar-refractivity contribution < 1.29 is 9.53 Å². The number of hydrogen-bond acceptors (Lipinski definition) is 2. The highest BCUT2D eigenvalue weighted by molar-refractivity contribution is 5.98. The van der Waals surface area contributed by atoms with Gasteiger partial charge in [0.25, 0.3) is 0 Å². The van der Waals surface area contributed by atoms with Gasteiger partial charge in [-0.15, -0.1) is 0 Å². The zero-order valence-corrected chi connectivity index (χ0v) is 9.95. The summed E-state index contributed by atoms with van der Waals surface area (Å²) in [5.41, 5.74) is 3.25. The molecule has 86 valence electrons. The maximum absolute atomic E-state index is 12.2. The highest BCUT2D eigenvalue weighted by Crippen LogP contribution is 2.23. The molecule has 0 saturated heterocycles. The van der Waals surface area contributed by atoms with Gasteiger partial charge in [-0.25, -0.2) is 0 Å².